The van der Waals surface area contributed by atoms with Gasteiger partial charge in [-0.25, -0.2) is 4.98 Å². The summed E-state index contributed by atoms with van der Waals surface area (Å²) in [7, 11) is 0. The Bertz CT molecular complexity index is 531. The fourth-order valence-corrected chi connectivity index (χ4v) is 2.34. The first-order valence-corrected chi connectivity index (χ1v) is 6.64. The number of aromatic amines is 1. The molecular weight excluding hydrogens is 256 g/mol. The minimum Gasteiger partial charge on any atom is -0.376 e. The number of aromatic nitrogens is 2. The van der Waals surface area contributed by atoms with E-state index in [0.29, 0.717) is 5.92 Å². The molecule has 1 atom stereocenters. The van der Waals surface area contributed by atoms with E-state index in [1.165, 1.54) is 5.56 Å². The molecule has 2 aromatic rings. The monoisotopic (exact) mass is 274 g/mol. The van der Waals surface area contributed by atoms with E-state index in [0.717, 1.165) is 11.5 Å². The van der Waals surface area contributed by atoms with Gasteiger partial charge in [0.1, 0.15) is 5.82 Å². The third-order valence-electron chi connectivity index (χ3n) is 3.02. The van der Waals surface area contributed by atoms with Crippen molar-refractivity contribution >= 4 is 23.0 Å². The molecule has 0 spiro atoms. The summed E-state index contributed by atoms with van der Waals surface area (Å²) in [6, 6.07) is 8.11. The second-order valence-corrected chi connectivity index (χ2v) is 5.25. The molecule has 4 nitrogen and oxygen atoms in total. The van der Waals surface area contributed by atoms with Crippen molar-refractivity contribution in [2.75, 3.05) is 5.32 Å². The van der Waals surface area contributed by atoms with Crippen molar-refractivity contribution in [1.29, 1.82) is 0 Å². The van der Waals surface area contributed by atoms with Gasteiger partial charge < -0.3 is 16.0 Å². The maximum Gasteiger partial charge on any atom is 0.168 e. The van der Waals surface area contributed by atoms with Crippen molar-refractivity contribution in [2.45, 2.75) is 19.8 Å². The van der Waals surface area contributed by atoms with Gasteiger partial charge in [-0.15, -0.1) is 0 Å². The molecule has 100 valence electrons. The summed E-state index contributed by atoms with van der Waals surface area (Å²) in [6.45, 7) is 4.38. The van der Waals surface area contributed by atoms with Gasteiger partial charge in [-0.2, -0.15) is 0 Å². The number of nitrogens with one attached hydrogen (secondary N) is 2. The number of imidazole rings is 1. The average molecular weight is 274 g/mol. The first-order valence-electron chi connectivity index (χ1n) is 6.23. The van der Waals surface area contributed by atoms with Crippen LogP contribution >= 0.6 is 12.2 Å². The summed E-state index contributed by atoms with van der Waals surface area (Å²) in [5.41, 5.74) is 7.57. The summed E-state index contributed by atoms with van der Waals surface area (Å²) in [5.74, 6) is 1.71. The molecule has 0 aliphatic rings. The highest BCUT2D eigenvalue weighted by molar-refractivity contribution is 7.80. The van der Waals surface area contributed by atoms with Crippen LogP contribution < -0.4 is 11.1 Å². The second kappa shape index (κ2) is 5.84. The lowest BCUT2D eigenvalue weighted by molar-refractivity contribution is 0.543. The average Bonchev–Trinajstić information content (AvgIpc) is 2.84. The minimum absolute atomic E-state index is 0.258. The van der Waals surface area contributed by atoms with E-state index >= 15 is 0 Å². The highest BCUT2D eigenvalue weighted by Crippen LogP contribution is 2.30. The fraction of sp³-hybridized carbons (Fsp3) is 0.286. The van der Waals surface area contributed by atoms with Crippen LogP contribution in [0.15, 0.2) is 36.7 Å². The normalized spacial score (nSPS) is 12.4. The van der Waals surface area contributed by atoms with Crippen LogP contribution in [0.3, 0.4) is 0 Å². The lowest BCUT2D eigenvalue weighted by Gasteiger charge is -2.19. The minimum atomic E-state index is 0.258. The summed E-state index contributed by atoms with van der Waals surface area (Å²) in [6.07, 6.45) is 3.64. The first kappa shape index (κ1) is 13.5. The second-order valence-electron chi connectivity index (χ2n) is 4.81. The van der Waals surface area contributed by atoms with Crippen molar-refractivity contribution < 1.29 is 0 Å². The van der Waals surface area contributed by atoms with Crippen molar-refractivity contribution in [2.24, 2.45) is 11.7 Å². The van der Waals surface area contributed by atoms with Crippen molar-refractivity contribution in [3.8, 4) is 0 Å². The largest absolute Gasteiger partial charge is 0.376 e. The van der Waals surface area contributed by atoms with Gasteiger partial charge >= 0.3 is 0 Å². The van der Waals surface area contributed by atoms with E-state index in [4.69, 9.17) is 18.0 Å². The smallest absolute Gasteiger partial charge is 0.168 e. The molecule has 2 rings (SSSR count). The van der Waals surface area contributed by atoms with Crippen LogP contribution in [0.2, 0.25) is 0 Å². The topological polar surface area (TPSA) is 66.7 Å². The zero-order valence-electron chi connectivity index (χ0n) is 11.1. The molecule has 19 heavy (non-hydrogen) atoms. The maximum atomic E-state index is 5.45. The number of hydrogen-bond acceptors (Lipinski definition) is 2. The number of hydrogen-bond donors (Lipinski definition) is 3. The van der Waals surface area contributed by atoms with Gasteiger partial charge in [-0.05, 0) is 35.8 Å². The van der Waals surface area contributed by atoms with E-state index in [2.05, 4.69) is 41.3 Å². The molecule has 1 aromatic heterocycles. The van der Waals surface area contributed by atoms with Gasteiger partial charge in [0.15, 0.2) is 5.11 Å². The maximum absolute atomic E-state index is 5.45. The quantitative estimate of drug-likeness (QED) is 0.750. The predicted molar refractivity (Wildman–Crippen MR) is 82.1 cm³/mol. The first-order chi connectivity index (χ1) is 9.08. The van der Waals surface area contributed by atoms with Crippen molar-refractivity contribution in [1.82, 2.24) is 9.97 Å². The number of nitrogens with zero attached hydrogens (tertiary/aromatic N) is 1. The van der Waals surface area contributed by atoms with Crippen molar-refractivity contribution in [3.63, 3.8) is 0 Å². The van der Waals surface area contributed by atoms with Gasteiger partial charge in [0.25, 0.3) is 0 Å². The molecule has 0 radical (unpaired) electrons. The van der Waals surface area contributed by atoms with Crippen LogP contribution in [0, 0.1) is 5.92 Å². The highest BCUT2D eigenvalue weighted by atomic mass is 32.1. The summed E-state index contributed by atoms with van der Waals surface area (Å²) in [4.78, 5) is 7.57. The zero-order valence-corrected chi connectivity index (χ0v) is 11.9. The molecule has 0 aliphatic carbocycles. The molecule has 1 aromatic carbocycles. The number of anilines is 1. The SMILES string of the molecule is CC(C)C(c1ccc(NC(N)=S)cc1)c1ncc[nH]1. The van der Waals surface area contributed by atoms with Crippen LogP contribution in [-0.4, -0.2) is 15.1 Å². The lowest BCUT2D eigenvalue weighted by Crippen LogP contribution is -2.19. The van der Waals surface area contributed by atoms with E-state index in [9.17, 15) is 0 Å². The molecule has 0 saturated heterocycles. The van der Waals surface area contributed by atoms with Crippen LogP contribution in [0.1, 0.15) is 31.2 Å². The standard InChI is InChI=1S/C14H18N4S/c1-9(2)12(13-16-7-8-17-13)10-3-5-11(6-4-10)18-14(15)19/h3-9,12H,1-2H3,(H,16,17)(H3,15,18,19). The van der Waals surface area contributed by atoms with Gasteiger partial charge in [0, 0.05) is 24.0 Å². The molecule has 0 amide bonds. The van der Waals surface area contributed by atoms with Crippen LogP contribution in [0.4, 0.5) is 5.69 Å². The number of nitrogens with two attached hydrogens (primary N) is 1. The fourth-order valence-electron chi connectivity index (χ4n) is 2.22. The number of benzene rings is 1. The Morgan fingerprint density at radius 2 is 2.00 bits per heavy atom. The summed E-state index contributed by atoms with van der Waals surface area (Å²) < 4.78 is 0. The highest BCUT2D eigenvalue weighted by Gasteiger charge is 2.20. The van der Waals surface area contributed by atoms with Gasteiger partial charge in [0.05, 0.1) is 0 Å². The van der Waals surface area contributed by atoms with E-state index in [-0.39, 0.29) is 11.0 Å². The third kappa shape index (κ3) is 3.32. The van der Waals surface area contributed by atoms with Crippen molar-refractivity contribution in [3.05, 3.63) is 48.0 Å². The molecule has 4 N–H and O–H groups in total. The molecule has 0 bridgehead atoms. The number of thiocarbonyl (C=S) groups is 1. The van der Waals surface area contributed by atoms with Crippen LogP contribution in [0.5, 0.6) is 0 Å². The lowest BCUT2D eigenvalue weighted by atomic mass is 9.88. The third-order valence-corrected chi connectivity index (χ3v) is 3.12. The Morgan fingerprint density at radius 1 is 1.32 bits per heavy atom. The number of H-pyrrole nitrogens is 1. The summed E-state index contributed by atoms with van der Waals surface area (Å²) >= 11 is 4.82. The summed E-state index contributed by atoms with van der Waals surface area (Å²) in [5, 5.41) is 3.20. The zero-order chi connectivity index (χ0) is 13.8. The molecule has 0 saturated carbocycles. The van der Waals surface area contributed by atoms with Gasteiger partial charge in [-0.1, -0.05) is 26.0 Å². The molecule has 0 aliphatic heterocycles. The van der Waals surface area contributed by atoms with E-state index in [1.54, 1.807) is 6.20 Å². The molecule has 5 heteroatoms. The molecular formula is C14H18N4S. The Kier molecular flexibility index (Phi) is 4.16. The Morgan fingerprint density at radius 3 is 2.47 bits per heavy atom. The number of rotatable bonds is 4. The molecule has 0 fully saturated rings. The van der Waals surface area contributed by atoms with Crippen LogP contribution in [-0.2, 0) is 0 Å². The Labute approximate surface area is 118 Å². The Balaban J connectivity index is 2.26. The molecule has 1 unspecified atom stereocenters. The predicted octanol–water partition coefficient (Wildman–Crippen LogP) is 2.85. The van der Waals surface area contributed by atoms with Crippen LogP contribution in [0.25, 0.3) is 0 Å². The van der Waals surface area contributed by atoms with Gasteiger partial charge in [0.2, 0.25) is 0 Å². The van der Waals surface area contributed by atoms with E-state index in [1.807, 2.05) is 18.3 Å². The Hall–Kier alpha value is -1.88. The van der Waals surface area contributed by atoms with E-state index < -0.39 is 0 Å². The van der Waals surface area contributed by atoms with Gasteiger partial charge in [-0.3, -0.25) is 0 Å². The molecule has 1 heterocycles.